The lowest BCUT2D eigenvalue weighted by Gasteiger charge is -2.26. The molecular formula is C18H27NO3S. The number of ether oxygens (including phenoxy) is 1. The zero-order valence-corrected chi connectivity index (χ0v) is 15.0. The van der Waals surface area contributed by atoms with Gasteiger partial charge in [0, 0.05) is 0 Å². The summed E-state index contributed by atoms with van der Waals surface area (Å²) in [5, 5.41) is 0. The molecule has 0 bridgehead atoms. The number of nitrogens with one attached hydrogen (secondary N) is 1. The molecule has 0 heterocycles. The smallest absolute Gasteiger partial charge is 0.215 e. The maximum absolute atomic E-state index is 12.2. The van der Waals surface area contributed by atoms with E-state index in [9.17, 15) is 8.42 Å². The van der Waals surface area contributed by atoms with E-state index in [0.29, 0.717) is 5.92 Å². The molecule has 128 valence electrons. The SMILES string of the molecule is CC/C=C/CS(=O)(=O)NC(C)(C)c1cccc(OCC2CC2)c1. The van der Waals surface area contributed by atoms with Gasteiger partial charge in [-0.25, -0.2) is 13.1 Å². The molecule has 0 aliphatic heterocycles. The van der Waals surface area contributed by atoms with Crippen LogP contribution in [0.5, 0.6) is 5.75 Å². The molecule has 1 saturated carbocycles. The third-order valence-corrected chi connectivity index (χ3v) is 5.32. The van der Waals surface area contributed by atoms with Crippen LogP contribution in [-0.2, 0) is 15.6 Å². The standard InChI is InChI=1S/C18H27NO3S/c1-4-5-6-12-23(20,21)19-18(2,3)16-8-7-9-17(13-16)22-14-15-10-11-15/h5-9,13,15,19H,4,10-12,14H2,1-3H3/b6-5+. The van der Waals surface area contributed by atoms with Crippen molar-refractivity contribution >= 4 is 10.0 Å². The molecule has 0 amide bonds. The highest BCUT2D eigenvalue weighted by molar-refractivity contribution is 7.89. The Morgan fingerprint density at radius 2 is 2.04 bits per heavy atom. The van der Waals surface area contributed by atoms with Gasteiger partial charge in [0.15, 0.2) is 0 Å². The van der Waals surface area contributed by atoms with Gasteiger partial charge in [-0.2, -0.15) is 0 Å². The van der Waals surface area contributed by atoms with Crippen LogP contribution in [0.1, 0.15) is 45.6 Å². The Hall–Kier alpha value is -1.33. The van der Waals surface area contributed by atoms with E-state index in [1.54, 1.807) is 6.08 Å². The van der Waals surface area contributed by atoms with Crippen LogP contribution in [0.3, 0.4) is 0 Å². The van der Waals surface area contributed by atoms with E-state index < -0.39 is 15.6 Å². The van der Waals surface area contributed by atoms with Gasteiger partial charge in [0.2, 0.25) is 10.0 Å². The minimum atomic E-state index is -3.37. The van der Waals surface area contributed by atoms with Crippen molar-refractivity contribution in [2.75, 3.05) is 12.4 Å². The number of sulfonamides is 1. The first-order chi connectivity index (χ1) is 10.8. The van der Waals surface area contributed by atoms with Gasteiger partial charge < -0.3 is 4.74 Å². The van der Waals surface area contributed by atoms with Gasteiger partial charge in [0.05, 0.1) is 17.9 Å². The van der Waals surface area contributed by atoms with Gasteiger partial charge in [-0.05, 0) is 56.7 Å². The molecule has 1 aromatic carbocycles. The third kappa shape index (κ3) is 5.99. The fraction of sp³-hybridized carbons (Fsp3) is 0.556. The van der Waals surface area contributed by atoms with Crippen LogP contribution in [0.4, 0.5) is 0 Å². The average Bonchev–Trinajstić information content (AvgIpc) is 3.29. The minimum absolute atomic E-state index is 0.00212. The molecule has 1 N–H and O–H groups in total. The van der Waals surface area contributed by atoms with Gasteiger partial charge >= 0.3 is 0 Å². The Morgan fingerprint density at radius 1 is 1.30 bits per heavy atom. The molecule has 1 aromatic rings. The van der Waals surface area contributed by atoms with Crippen LogP contribution in [0.2, 0.25) is 0 Å². The molecule has 5 heteroatoms. The molecule has 0 spiro atoms. The van der Waals surface area contributed by atoms with Crippen molar-refractivity contribution in [1.82, 2.24) is 4.72 Å². The quantitative estimate of drug-likeness (QED) is 0.701. The van der Waals surface area contributed by atoms with E-state index >= 15 is 0 Å². The van der Waals surface area contributed by atoms with Crippen molar-refractivity contribution < 1.29 is 13.2 Å². The topological polar surface area (TPSA) is 55.4 Å². The number of benzene rings is 1. The second-order valence-corrected chi connectivity index (χ2v) is 8.44. The first-order valence-corrected chi connectivity index (χ1v) is 9.87. The summed E-state index contributed by atoms with van der Waals surface area (Å²) in [5.74, 6) is 1.49. The first kappa shape index (κ1) is 18.0. The average molecular weight is 337 g/mol. The molecule has 0 unspecified atom stereocenters. The summed E-state index contributed by atoms with van der Waals surface area (Å²) >= 11 is 0. The third-order valence-electron chi connectivity index (χ3n) is 3.87. The second kappa shape index (κ2) is 7.49. The number of allylic oxidation sites excluding steroid dienone is 1. The summed E-state index contributed by atoms with van der Waals surface area (Å²) < 4.78 is 33.0. The maximum Gasteiger partial charge on any atom is 0.215 e. The van der Waals surface area contributed by atoms with Crippen molar-refractivity contribution in [2.45, 2.75) is 45.6 Å². The van der Waals surface area contributed by atoms with Crippen molar-refractivity contribution in [2.24, 2.45) is 5.92 Å². The molecule has 2 rings (SSSR count). The van der Waals surface area contributed by atoms with Crippen molar-refractivity contribution in [3.63, 3.8) is 0 Å². The van der Waals surface area contributed by atoms with E-state index in [0.717, 1.165) is 24.3 Å². The predicted octanol–water partition coefficient (Wildman–Crippen LogP) is 3.60. The highest BCUT2D eigenvalue weighted by atomic mass is 32.2. The highest BCUT2D eigenvalue weighted by Gasteiger charge is 2.27. The van der Waals surface area contributed by atoms with Crippen LogP contribution in [0.25, 0.3) is 0 Å². The normalized spacial score (nSPS) is 16.0. The largest absolute Gasteiger partial charge is 0.493 e. The molecule has 0 saturated heterocycles. The summed E-state index contributed by atoms with van der Waals surface area (Å²) in [7, 11) is -3.37. The Kier molecular flexibility index (Phi) is 5.87. The first-order valence-electron chi connectivity index (χ1n) is 8.22. The summed E-state index contributed by atoms with van der Waals surface area (Å²) in [5.41, 5.74) is 0.214. The lowest BCUT2D eigenvalue weighted by atomic mass is 9.95. The molecular weight excluding hydrogens is 310 g/mol. The molecule has 0 atom stereocenters. The monoisotopic (exact) mass is 337 g/mol. The fourth-order valence-electron chi connectivity index (χ4n) is 2.32. The molecule has 0 aromatic heterocycles. The molecule has 1 fully saturated rings. The van der Waals surface area contributed by atoms with E-state index in [4.69, 9.17) is 4.74 Å². The second-order valence-electron chi connectivity index (χ2n) is 6.67. The van der Waals surface area contributed by atoms with E-state index in [2.05, 4.69) is 4.72 Å². The number of hydrogen-bond acceptors (Lipinski definition) is 3. The van der Waals surface area contributed by atoms with E-state index in [1.807, 2.05) is 51.1 Å². The molecule has 23 heavy (non-hydrogen) atoms. The van der Waals surface area contributed by atoms with Gasteiger partial charge in [-0.1, -0.05) is 31.2 Å². The highest BCUT2D eigenvalue weighted by Crippen LogP contribution is 2.30. The number of hydrogen-bond donors (Lipinski definition) is 1. The van der Waals surface area contributed by atoms with Crippen LogP contribution < -0.4 is 9.46 Å². The predicted molar refractivity (Wildman–Crippen MR) is 94.0 cm³/mol. The Balaban J connectivity index is 2.05. The van der Waals surface area contributed by atoms with E-state index in [1.165, 1.54) is 12.8 Å². The minimum Gasteiger partial charge on any atom is -0.493 e. The van der Waals surface area contributed by atoms with Crippen molar-refractivity contribution in [3.8, 4) is 5.75 Å². The lowest BCUT2D eigenvalue weighted by molar-refractivity contribution is 0.298. The zero-order valence-electron chi connectivity index (χ0n) is 14.2. The summed E-state index contributed by atoms with van der Waals surface area (Å²) in [6.45, 7) is 6.47. The van der Waals surface area contributed by atoms with Crippen LogP contribution in [-0.4, -0.2) is 20.8 Å². The molecule has 0 radical (unpaired) electrons. The summed E-state index contributed by atoms with van der Waals surface area (Å²) in [6.07, 6.45) is 6.87. The van der Waals surface area contributed by atoms with Gasteiger partial charge in [-0.15, -0.1) is 0 Å². The van der Waals surface area contributed by atoms with Crippen molar-refractivity contribution in [1.29, 1.82) is 0 Å². The van der Waals surface area contributed by atoms with Crippen LogP contribution in [0.15, 0.2) is 36.4 Å². The fourth-order valence-corrected chi connectivity index (χ4v) is 3.69. The lowest BCUT2D eigenvalue weighted by Crippen LogP contribution is -2.41. The maximum atomic E-state index is 12.2. The van der Waals surface area contributed by atoms with Gasteiger partial charge in [0.1, 0.15) is 5.75 Å². The van der Waals surface area contributed by atoms with Gasteiger partial charge in [0.25, 0.3) is 0 Å². The van der Waals surface area contributed by atoms with E-state index in [-0.39, 0.29) is 5.75 Å². The number of rotatable bonds is 9. The van der Waals surface area contributed by atoms with Gasteiger partial charge in [-0.3, -0.25) is 0 Å². The van der Waals surface area contributed by atoms with Crippen molar-refractivity contribution in [3.05, 3.63) is 42.0 Å². The Labute approximate surface area is 140 Å². The Morgan fingerprint density at radius 3 is 2.70 bits per heavy atom. The summed E-state index contributed by atoms with van der Waals surface area (Å²) in [4.78, 5) is 0. The molecule has 1 aliphatic rings. The molecule has 1 aliphatic carbocycles. The van der Waals surface area contributed by atoms with Crippen LogP contribution >= 0.6 is 0 Å². The summed E-state index contributed by atoms with van der Waals surface area (Å²) in [6, 6.07) is 7.67. The van der Waals surface area contributed by atoms with Crippen LogP contribution in [0, 0.1) is 5.92 Å². The molecule has 4 nitrogen and oxygen atoms in total. The zero-order chi connectivity index (χ0) is 16.9. The Bertz CT molecular complexity index is 646.